The van der Waals surface area contributed by atoms with Gasteiger partial charge in [0.15, 0.2) is 0 Å². The summed E-state index contributed by atoms with van der Waals surface area (Å²) in [6.45, 7) is 1.68. The van der Waals surface area contributed by atoms with E-state index in [-0.39, 0.29) is 18.0 Å². The molecule has 7 heteroatoms. The van der Waals surface area contributed by atoms with Crippen molar-refractivity contribution in [3.63, 3.8) is 0 Å². The van der Waals surface area contributed by atoms with E-state index in [0.29, 0.717) is 10.2 Å². The van der Waals surface area contributed by atoms with Crippen LogP contribution < -0.4 is 5.73 Å². The fourth-order valence-corrected chi connectivity index (χ4v) is 2.22. The van der Waals surface area contributed by atoms with Crippen LogP contribution in [0.15, 0.2) is 35.1 Å². The zero-order chi connectivity index (χ0) is 14.9. The van der Waals surface area contributed by atoms with E-state index in [1.807, 2.05) is 0 Å². The molecule has 2 N–H and O–H groups in total. The second kappa shape index (κ2) is 5.57. The fraction of sp³-hybridized carbons (Fsp3) is 0.308. The molecule has 0 aliphatic carbocycles. The van der Waals surface area contributed by atoms with Gasteiger partial charge in [-0.3, -0.25) is 0 Å². The molecule has 3 nitrogen and oxygen atoms in total. The fourth-order valence-electron chi connectivity index (χ4n) is 1.94. The first kappa shape index (κ1) is 15.1. The number of hydrogen-bond donors (Lipinski definition) is 1. The van der Waals surface area contributed by atoms with E-state index in [2.05, 4.69) is 21.0 Å². The second-order valence-corrected chi connectivity index (χ2v) is 5.54. The van der Waals surface area contributed by atoms with Crippen molar-refractivity contribution in [2.75, 3.05) is 0 Å². The molecule has 1 aromatic carbocycles. The molecule has 0 amide bonds. The molecule has 1 heterocycles. The predicted octanol–water partition coefficient (Wildman–Crippen LogP) is 3.54. The number of alkyl halides is 3. The van der Waals surface area contributed by atoms with Gasteiger partial charge in [-0.05, 0) is 47.0 Å². The SMILES string of the molecule is CC(N)Cc1ccc(-n2cc(Br)cn2)cc1C(F)(F)F. The normalized spacial score (nSPS) is 13.5. The molecule has 0 aliphatic rings. The van der Waals surface area contributed by atoms with Gasteiger partial charge in [0, 0.05) is 12.2 Å². The molecule has 0 fully saturated rings. The van der Waals surface area contributed by atoms with Crippen molar-refractivity contribution in [1.29, 1.82) is 0 Å². The van der Waals surface area contributed by atoms with Gasteiger partial charge in [0.05, 0.1) is 21.9 Å². The monoisotopic (exact) mass is 347 g/mol. The Kier molecular flexibility index (Phi) is 4.19. The maximum Gasteiger partial charge on any atom is 0.416 e. The van der Waals surface area contributed by atoms with Gasteiger partial charge in [0.2, 0.25) is 0 Å². The van der Waals surface area contributed by atoms with E-state index in [4.69, 9.17) is 5.73 Å². The number of nitrogens with zero attached hydrogens (tertiary/aromatic N) is 2. The van der Waals surface area contributed by atoms with Gasteiger partial charge >= 0.3 is 6.18 Å². The molecule has 0 aliphatic heterocycles. The topological polar surface area (TPSA) is 43.8 Å². The third kappa shape index (κ3) is 3.40. The molecular weight excluding hydrogens is 335 g/mol. The molecule has 0 bridgehead atoms. The van der Waals surface area contributed by atoms with Crippen LogP contribution in [0.1, 0.15) is 18.1 Å². The number of nitrogens with two attached hydrogens (primary N) is 1. The molecule has 0 spiro atoms. The third-order valence-electron chi connectivity index (χ3n) is 2.76. The molecule has 0 saturated carbocycles. The van der Waals surface area contributed by atoms with E-state index < -0.39 is 11.7 Å². The van der Waals surface area contributed by atoms with E-state index in [0.717, 1.165) is 6.07 Å². The highest BCUT2D eigenvalue weighted by Crippen LogP contribution is 2.34. The van der Waals surface area contributed by atoms with Gasteiger partial charge in [-0.25, -0.2) is 4.68 Å². The Hall–Kier alpha value is -1.34. The van der Waals surface area contributed by atoms with Crippen LogP contribution in [0.5, 0.6) is 0 Å². The average molecular weight is 348 g/mol. The van der Waals surface area contributed by atoms with Crippen molar-refractivity contribution in [2.24, 2.45) is 5.73 Å². The van der Waals surface area contributed by atoms with Crippen LogP contribution in [0, 0.1) is 0 Å². The Morgan fingerprint density at radius 2 is 2.10 bits per heavy atom. The van der Waals surface area contributed by atoms with Crippen molar-refractivity contribution >= 4 is 15.9 Å². The summed E-state index contributed by atoms with van der Waals surface area (Å²) < 4.78 is 41.4. The first-order chi connectivity index (χ1) is 9.27. The van der Waals surface area contributed by atoms with E-state index in [9.17, 15) is 13.2 Å². The molecule has 2 rings (SSSR count). The summed E-state index contributed by atoms with van der Waals surface area (Å²) in [6.07, 6.45) is -1.12. The maximum absolute atomic E-state index is 13.1. The molecule has 108 valence electrons. The first-order valence-electron chi connectivity index (χ1n) is 5.93. The smallest absolute Gasteiger partial charge is 0.328 e. The predicted molar refractivity (Wildman–Crippen MR) is 73.6 cm³/mol. The highest BCUT2D eigenvalue weighted by molar-refractivity contribution is 9.10. The zero-order valence-electron chi connectivity index (χ0n) is 10.7. The lowest BCUT2D eigenvalue weighted by molar-refractivity contribution is -0.138. The van der Waals surface area contributed by atoms with E-state index in [1.54, 1.807) is 19.2 Å². The standard InChI is InChI=1S/C13H13BrF3N3/c1-8(18)4-9-2-3-11(5-12(9)13(15,16)17)20-7-10(14)6-19-20/h2-3,5-8H,4,18H2,1H3. The summed E-state index contributed by atoms with van der Waals surface area (Å²) in [6, 6.07) is 3.82. The second-order valence-electron chi connectivity index (χ2n) is 4.62. The number of rotatable bonds is 3. The van der Waals surface area contributed by atoms with Crippen LogP contribution >= 0.6 is 15.9 Å². The van der Waals surface area contributed by atoms with Crippen molar-refractivity contribution in [1.82, 2.24) is 9.78 Å². The summed E-state index contributed by atoms with van der Waals surface area (Å²) in [5, 5.41) is 3.98. The quantitative estimate of drug-likeness (QED) is 0.922. The van der Waals surface area contributed by atoms with Gasteiger partial charge in [0.25, 0.3) is 0 Å². The third-order valence-corrected chi connectivity index (χ3v) is 3.17. The Morgan fingerprint density at radius 3 is 2.60 bits per heavy atom. The molecule has 1 unspecified atom stereocenters. The molecule has 20 heavy (non-hydrogen) atoms. The molecule has 0 radical (unpaired) electrons. The van der Waals surface area contributed by atoms with Crippen molar-refractivity contribution in [3.8, 4) is 5.69 Å². The zero-order valence-corrected chi connectivity index (χ0v) is 12.2. The van der Waals surface area contributed by atoms with Gasteiger partial charge in [-0.1, -0.05) is 6.07 Å². The number of benzene rings is 1. The summed E-state index contributed by atoms with van der Waals surface area (Å²) in [5.41, 5.74) is 5.48. The first-order valence-corrected chi connectivity index (χ1v) is 6.73. The van der Waals surface area contributed by atoms with Crippen LogP contribution in [0.2, 0.25) is 0 Å². The lowest BCUT2D eigenvalue weighted by Crippen LogP contribution is -2.21. The molecule has 1 aromatic heterocycles. The van der Waals surface area contributed by atoms with Gasteiger partial charge in [-0.15, -0.1) is 0 Å². The van der Waals surface area contributed by atoms with Gasteiger partial charge in [-0.2, -0.15) is 18.3 Å². The molecular formula is C13H13BrF3N3. The summed E-state index contributed by atoms with van der Waals surface area (Å²) in [7, 11) is 0. The minimum absolute atomic E-state index is 0.178. The Bertz CT molecular complexity index is 605. The van der Waals surface area contributed by atoms with Crippen molar-refractivity contribution < 1.29 is 13.2 Å². The summed E-state index contributed by atoms with van der Waals surface area (Å²) in [4.78, 5) is 0. The van der Waals surface area contributed by atoms with Gasteiger partial charge in [0.1, 0.15) is 0 Å². The number of hydrogen-bond acceptors (Lipinski definition) is 2. The van der Waals surface area contributed by atoms with Crippen LogP contribution in [0.4, 0.5) is 13.2 Å². The Labute approximate surface area is 122 Å². The number of halogens is 4. The summed E-state index contributed by atoms with van der Waals surface area (Å²) in [5.74, 6) is 0. The van der Waals surface area contributed by atoms with Crippen LogP contribution in [0.3, 0.4) is 0 Å². The molecule has 0 saturated heterocycles. The Balaban J connectivity index is 2.48. The van der Waals surface area contributed by atoms with Crippen LogP contribution in [-0.2, 0) is 12.6 Å². The summed E-state index contributed by atoms with van der Waals surface area (Å²) >= 11 is 3.21. The largest absolute Gasteiger partial charge is 0.416 e. The minimum Gasteiger partial charge on any atom is -0.328 e. The highest BCUT2D eigenvalue weighted by Gasteiger charge is 2.33. The number of aromatic nitrogens is 2. The molecule has 2 aromatic rings. The Morgan fingerprint density at radius 1 is 1.40 bits per heavy atom. The molecule has 1 atom stereocenters. The highest BCUT2D eigenvalue weighted by atomic mass is 79.9. The van der Waals surface area contributed by atoms with Gasteiger partial charge < -0.3 is 5.73 Å². The average Bonchev–Trinajstić information content (AvgIpc) is 2.74. The maximum atomic E-state index is 13.1. The van der Waals surface area contributed by atoms with Crippen molar-refractivity contribution in [3.05, 3.63) is 46.2 Å². The van der Waals surface area contributed by atoms with E-state index in [1.165, 1.54) is 16.9 Å². The lowest BCUT2D eigenvalue weighted by Gasteiger charge is -2.16. The minimum atomic E-state index is -4.41. The van der Waals surface area contributed by atoms with E-state index >= 15 is 0 Å². The lowest BCUT2D eigenvalue weighted by atomic mass is 10.00. The van der Waals surface area contributed by atoms with Crippen LogP contribution in [-0.4, -0.2) is 15.8 Å². The van der Waals surface area contributed by atoms with Crippen molar-refractivity contribution in [2.45, 2.75) is 25.6 Å². The van der Waals surface area contributed by atoms with Crippen LogP contribution in [0.25, 0.3) is 5.69 Å².